The van der Waals surface area contributed by atoms with Crippen molar-refractivity contribution in [1.82, 2.24) is 21.3 Å². The van der Waals surface area contributed by atoms with Crippen LogP contribution >= 0.6 is 15.6 Å². The third-order valence-electron chi connectivity index (χ3n) is 19.3. The third-order valence-corrected chi connectivity index (χ3v) is 21.3. The van der Waals surface area contributed by atoms with Crippen molar-refractivity contribution in [2.45, 2.75) is 418 Å². The number of aliphatic hydroxyl groups is 2. The van der Waals surface area contributed by atoms with Gasteiger partial charge in [-0.3, -0.25) is 37.9 Å². The van der Waals surface area contributed by atoms with Crippen LogP contribution in [-0.2, 0) is 74.9 Å². The van der Waals surface area contributed by atoms with Gasteiger partial charge < -0.3 is 78.3 Å². The molecule has 0 aromatic heterocycles. The van der Waals surface area contributed by atoms with Crippen LogP contribution in [-0.4, -0.2) is 148 Å². The number of rotatable bonds is 84. The molecule has 0 aromatic rings. The predicted octanol–water partition coefficient (Wildman–Crippen LogP) is 11.7. The molecule has 652 valence electrons. The van der Waals surface area contributed by atoms with Gasteiger partial charge in [0.1, 0.15) is 18.6 Å². The first kappa shape index (κ1) is 116. The number of nitrogens with one attached hydrogen (secondary N) is 4. The molecule has 0 aliphatic rings. The number of carbonyl (C=O) groups excluding carboxylic acids is 6. The van der Waals surface area contributed by atoms with Gasteiger partial charge in [-0.05, 0) is 89.9 Å². The van der Waals surface area contributed by atoms with Crippen molar-refractivity contribution in [3.8, 4) is 0 Å². The van der Waals surface area contributed by atoms with Crippen molar-refractivity contribution in [3.63, 3.8) is 0 Å². The van der Waals surface area contributed by atoms with E-state index in [-0.39, 0.29) is 123 Å². The largest absolute Gasteiger partial charge is 1.00 e. The molecule has 0 saturated heterocycles. The number of allylic oxidation sites excluding steroid dienone is 4. The number of phosphoric acid groups is 2. The van der Waals surface area contributed by atoms with E-state index in [1.165, 1.54) is 103 Å². The molecule has 6 unspecified atom stereocenters. The molecule has 0 bridgehead atoms. The van der Waals surface area contributed by atoms with E-state index in [2.05, 4.69) is 87.1 Å². The molecule has 0 spiro atoms. The Morgan fingerprint density at radius 2 is 0.628 bits per heavy atom. The summed E-state index contributed by atoms with van der Waals surface area (Å²) in [5, 5.41) is 31.8. The molecule has 0 rings (SSSR count). The van der Waals surface area contributed by atoms with Gasteiger partial charge in [-0.2, -0.15) is 0 Å². The van der Waals surface area contributed by atoms with Crippen LogP contribution in [0, 0.1) is 0 Å². The first-order chi connectivity index (χ1) is 53.7. The van der Waals surface area contributed by atoms with Crippen molar-refractivity contribution in [2.75, 3.05) is 65.9 Å². The number of ether oxygens (including phenoxy) is 4. The maximum Gasteiger partial charge on any atom is 1.00 e. The summed E-state index contributed by atoms with van der Waals surface area (Å²) in [5.41, 5.74) is 0. The SMILES string of the molecule is CCCCCC/C=C\CCCC(=O)OC(CCCCCCC)CCOCC(COP(=O)([O-])OCCNC(=O)CC(=O)NCCOP(=O)([O-])OCC(COCCC(CCCCCCC)OC(=O)CCC/C=C\CCCCCC)NC(=O)C[C@H](O)CCCCCCCCCCC)NC(=O)C[C@H](O)CCCCCCCCCCC.[Na+].[Na+]. The van der Waals surface area contributed by atoms with Gasteiger partial charge in [0.25, 0.3) is 15.6 Å². The summed E-state index contributed by atoms with van der Waals surface area (Å²) in [6.45, 7) is 9.90. The molecule has 24 nitrogen and oxygen atoms in total. The standard InChI is InChI=1S/C85H162N4O20P2.2Na/c1-7-13-19-25-29-33-37-43-47-53-76(90)67-82(94)88-74(70-102-63-59-78(55-49-41-23-17-11-5)108-84(96)57-51-45-39-35-31-27-21-15-9-3)72-106-110(98,99)104-65-61-86-80(92)69-81(93)87-62-66-105-111(100,101)107-73-75(89-83(95)68-77(91)54-48-44-38-34-30-26-20-14-8-2)71-103-64-60-79(56-50-42-24-18-12-6)109-85(97)58-52-46-40-36-32-28-22-16-10-4;;/h35-36,39-40,74-79,90-91H,7-34,37-38,41-73H2,1-6H3,(H,86,92)(H,87,93)(H,88,94)(H,89,95)(H,98,99)(H,100,101);;/q;2*+1/p-2/b39-35-,40-36-;;/t74?,75?,76-,77-,78?,79?;;/m1../s1. The minimum absolute atomic E-state index is 0. The van der Waals surface area contributed by atoms with Crippen LogP contribution < -0.4 is 90.2 Å². The zero-order valence-corrected chi connectivity index (χ0v) is 78.2. The van der Waals surface area contributed by atoms with Gasteiger partial charge in [0.15, 0.2) is 0 Å². The summed E-state index contributed by atoms with van der Waals surface area (Å²) in [5.74, 6) is -3.23. The van der Waals surface area contributed by atoms with Gasteiger partial charge in [0, 0.05) is 38.8 Å². The van der Waals surface area contributed by atoms with E-state index in [9.17, 15) is 57.9 Å². The van der Waals surface area contributed by atoms with E-state index >= 15 is 0 Å². The van der Waals surface area contributed by atoms with E-state index in [0.29, 0.717) is 64.2 Å². The van der Waals surface area contributed by atoms with Crippen LogP contribution in [0.15, 0.2) is 24.3 Å². The van der Waals surface area contributed by atoms with Crippen molar-refractivity contribution in [1.29, 1.82) is 0 Å². The number of phosphoric ester groups is 2. The molecule has 0 aliphatic heterocycles. The topological polar surface area (TPSA) is 345 Å². The summed E-state index contributed by atoms with van der Waals surface area (Å²) < 4.78 is 70.4. The van der Waals surface area contributed by atoms with Gasteiger partial charge in [-0.25, -0.2) is 0 Å². The van der Waals surface area contributed by atoms with Crippen LogP contribution in [0.2, 0.25) is 0 Å². The first-order valence-corrected chi connectivity index (χ1v) is 47.2. The Labute approximate surface area is 729 Å². The van der Waals surface area contributed by atoms with Crippen LogP contribution in [0.4, 0.5) is 0 Å². The second-order valence-electron chi connectivity index (χ2n) is 30.3. The van der Waals surface area contributed by atoms with E-state index in [0.717, 1.165) is 154 Å². The quantitative estimate of drug-likeness (QED) is 0.00822. The van der Waals surface area contributed by atoms with Gasteiger partial charge in [-0.1, -0.05) is 271 Å². The van der Waals surface area contributed by atoms with Gasteiger partial charge in [0.05, 0.1) is 90.0 Å². The maximum absolute atomic E-state index is 13.3. The molecule has 0 aromatic carbocycles. The zero-order chi connectivity index (χ0) is 81.8. The van der Waals surface area contributed by atoms with Gasteiger partial charge >= 0.3 is 71.1 Å². The Balaban J connectivity index is -0.0000605. The van der Waals surface area contributed by atoms with Crippen molar-refractivity contribution in [2.24, 2.45) is 0 Å². The van der Waals surface area contributed by atoms with E-state index in [4.69, 9.17) is 37.0 Å². The van der Waals surface area contributed by atoms with E-state index in [1.807, 2.05) is 0 Å². The number of hydrogen-bond acceptors (Lipinski definition) is 20. The molecule has 113 heavy (non-hydrogen) atoms. The van der Waals surface area contributed by atoms with E-state index < -0.39 is 109 Å². The Bertz CT molecular complexity index is 2250. The molecule has 4 amide bonds. The number of aliphatic hydroxyl groups excluding tert-OH is 2. The molecule has 28 heteroatoms. The number of unbranched alkanes of at least 4 members (excludes halogenated alkanes) is 34. The average Bonchev–Trinajstić information content (AvgIpc) is 0.908. The Kier molecular flexibility index (Phi) is 85.9. The minimum Gasteiger partial charge on any atom is -0.756 e. The number of hydrogen-bond donors (Lipinski definition) is 6. The average molecular weight is 1670 g/mol. The van der Waals surface area contributed by atoms with Crippen molar-refractivity contribution < 1.29 is 154 Å². The van der Waals surface area contributed by atoms with Crippen molar-refractivity contribution >= 4 is 51.2 Å². The molecular formula is C85H160N4Na2O20P2. The fourth-order valence-electron chi connectivity index (χ4n) is 12.7. The normalized spacial score (nSPS) is 14.2. The van der Waals surface area contributed by atoms with E-state index in [1.54, 1.807) is 0 Å². The summed E-state index contributed by atoms with van der Waals surface area (Å²) in [6.07, 6.45) is 53.2. The number of amides is 4. The molecule has 8 atom stereocenters. The molecule has 0 saturated carbocycles. The van der Waals surface area contributed by atoms with Crippen LogP contribution in [0.5, 0.6) is 0 Å². The second-order valence-corrected chi connectivity index (χ2v) is 33.1. The number of carbonyl (C=O) groups is 6. The monoisotopic (exact) mass is 1670 g/mol. The minimum atomic E-state index is -5.06. The summed E-state index contributed by atoms with van der Waals surface area (Å²) >= 11 is 0. The molecule has 0 fully saturated rings. The van der Waals surface area contributed by atoms with Crippen LogP contribution in [0.25, 0.3) is 0 Å². The Hall–Kier alpha value is -1.64. The van der Waals surface area contributed by atoms with Crippen molar-refractivity contribution in [3.05, 3.63) is 24.3 Å². The predicted molar refractivity (Wildman–Crippen MR) is 439 cm³/mol. The maximum atomic E-state index is 13.3. The Morgan fingerprint density at radius 3 is 0.947 bits per heavy atom. The zero-order valence-electron chi connectivity index (χ0n) is 72.5. The first-order valence-electron chi connectivity index (χ1n) is 44.2. The molecule has 0 aliphatic carbocycles. The third kappa shape index (κ3) is 81.2. The van der Waals surface area contributed by atoms with Gasteiger partial charge in [-0.15, -0.1) is 0 Å². The molecule has 0 radical (unpaired) electrons. The summed E-state index contributed by atoms with van der Waals surface area (Å²) in [4.78, 5) is 104. The smallest absolute Gasteiger partial charge is 0.756 e. The fraction of sp³-hybridized carbons (Fsp3) is 0.882. The fourth-order valence-corrected chi connectivity index (χ4v) is 14.2. The number of esters is 2. The molecule has 0 heterocycles. The second kappa shape index (κ2) is 84.0. The summed E-state index contributed by atoms with van der Waals surface area (Å²) in [7, 11) is -10.1. The van der Waals surface area contributed by atoms with Crippen LogP contribution in [0.1, 0.15) is 382 Å². The summed E-state index contributed by atoms with van der Waals surface area (Å²) in [6, 6.07) is -2.00. The van der Waals surface area contributed by atoms with Crippen LogP contribution in [0.3, 0.4) is 0 Å². The molecular weight excluding hydrogens is 1500 g/mol. The Morgan fingerprint density at radius 1 is 0.345 bits per heavy atom. The van der Waals surface area contributed by atoms with Gasteiger partial charge in [0.2, 0.25) is 23.6 Å². The molecule has 6 N–H and O–H groups in total.